The van der Waals surface area contributed by atoms with Gasteiger partial charge in [0.25, 0.3) is 5.91 Å². The predicted molar refractivity (Wildman–Crippen MR) is 86.6 cm³/mol. The van der Waals surface area contributed by atoms with Gasteiger partial charge in [-0.1, -0.05) is 12.1 Å². The van der Waals surface area contributed by atoms with E-state index >= 15 is 0 Å². The molecule has 3 rings (SSSR count). The molecule has 1 saturated heterocycles. The lowest BCUT2D eigenvalue weighted by Gasteiger charge is -2.39. The topological polar surface area (TPSA) is 92.6 Å². The van der Waals surface area contributed by atoms with Crippen molar-refractivity contribution in [1.29, 1.82) is 0 Å². The summed E-state index contributed by atoms with van der Waals surface area (Å²) in [7, 11) is 1.47. The summed E-state index contributed by atoms with van der Waals surface area (Å²) in [5.74, 6) is -1.24. The van der Waals surface area contributed by atoms with Crippen LogP contribution < -0.4 is 0 Å². The fourth-order valence-electron chi connectivity index (χ4n) is 3.16. The Hall–Kier alpha value is -2.54. The molecule has 1 N–H and O–H groups in total. The number of para-hydroxylation sites is 2. The number of carboxylic acids is 1. The van der Waals surface area contributed by atoms with E-state index in [-0.39, 0.29) is 24.8 Å². The van der Waals surface area contributed by atoms with Gasteiger partial charge in [-0.05, 0) is 25.0 Å². The predicted octanol–water partition coefficient (Wildman–Crippen LogP) is 1.58. The summed E-state index contributed by atoms with van der Waals surface area (Å²) in [6, 6.07) is 7.31. The van der Waals surface area contributed by atoms with Crippen LogP contribution in [-0.2, 0) is 9.53 Å². The quantitative estimate of drug-likeness (QED) is 0.915. The second-order valence-corrected chi connectivity index (χ2v) is 6.09. The van der Waals surface area contributed by atoms with E-state index in [0.717, 1.165) is 0 Å². The average Bonchev–Trinajstić information content (AvgIpc) is 2.61. The summed E-state index contributed by atoms with van der Waals surface area (Å²) in [5, 5.41) is 9.59. The highest BCUT2D eigenvalue weighted by Gasteiger charge is 2.44. The Labute approximate surface area is 139 Å². The van der Waals surface area contributed by atoms with E-state index in [1.807, 2.05) is 18.2 Å². The molecule has 1 fully saturated rings. The molecule has 1 atom stereocenters. The van der Waals surface area contributed by atoms with Gasteiger partial charge in [-0.3, -0.25) is 14.6 Å². The van der Waals surface area contributed by atoms with Crippen molar-refractivity contribution in [3.05, 3.63) is 36.2 Å². The minimum atomic E-state index is -1.06. The van der Waals surface area contributed by atoms with Gasteiger partial charge in [0, 0.05) is 20.2 Å². The number of benzene rings is 1. The van der Waals surface area contributed by atoms with Crippen LogP contribution in [0.1, 0.15) is 23.3 Å². The number of aromatic nitrogens is 2. The molecule has 7 heteroatoms. The fraction of sp³-hybridized carbons (Fsp3) is 0.412. The summed E-state index contributed by atoms with van der Waals surface area (Å²) < 4.78 is 5.09. The van der Waals surface area contributed by atoms with Gasteiger partial charge < -0.3 is 14.7 Å². The Morgan fingerprint density at radius 2 is 2.08 bits per heavy atom. The van der Waals surface area contributed by atoms with E-state index in [2.05, 4.69) is 9.97 Å². The Balaban J connectivity index is 1.86. The van der Waals surface area contributed by atoms with Gasteiger partial charge in [-0.25, -0.2) is 4.98 Å². The smallest absolute Gasteiger partial charge is 0.313 e. The summed E-state index contributed by atoms with van der Waals surface area (Å²) in [5.41, 5.74) is 0.522. The Kier molecular flexibility index (Phi) is 4.44. The molecule has 2 aromatic rings. The van der Waals surface area contributed by atoms with Crippen LogP contribution in [0.3, 0.4) is 0 Å². The summed E-state index contributed by atoms with van der Waals surface area (Å²) in [6.07, 6.45) is 2.55. The monoisotopic (exact) mass is 329 g/mol. The number of fused-ring (bicyclic) bond motifs is 1. The van der Waals surface area contributed by atoms with E-state index in [4.69, 9.17) is 4.74 Å². The lowest BCUT2D eigenvalue weighted by molar-refractivity contribution is -0.155. The molecule has 1 amide bonds. The molecule has 24 heavy (non-hydrogen) atoms. The van der Waals surface area contributed by atoms with Crippen molar-refractivity contribution in [1.82, 2.24) is 14.9 Å². The summed E-state index contributed by atoms with van der Waals surface area (Å²) in [4.78, 5) is 34.6. The molecule has 0 aliphatic carbocycles. The van der Waals surface area contributed by atoms with Crippen molar-refractivity contribution >= 4 is 22.9 Å². The highest BCUT2D eigenvalue weighted by atomic mass is 16.5. The average molecular weight is 329 g/mol. The summed E-state index contributed by atoms with van der Waals surface area (Å²) >= 11 is 0. The Morgan fingerprint density at radius 1 is 1.33 bits per heavy atom. The molecule has 1 aliphatic heterocycles. The van der Waals surface area contributed by atoms with Crippen LogP contribution in [0, 0.1) is 5.41 Å². The van der Waals surface area contributed by atoms with Crippen molar-refractivity contribution in [3.8, 4) is 0 Å². The third-order valence-corrected chi connectivity index (χ3v) is 4.41. The molecule has 0 saturated carbocycles. The number of carboxylic acid groups (broad SMARTS) is 1. The molecule has 0 bridgehead atoms. The van der Waals surface area contributed by atoms with Crippen LogP contribution in [0.5, 0.6) is 0 Å². The van der Waals surface area contributed by atoms with Gasteiger partial charge >= 0.3 is 5.97 Å². The van der Waals surface area contributed by atoms with Crippen LogP contribution in [0.2, 0.25) is 0 Å². The molecule has 1 unspecified atom stereocenters. The first-order chi connectivity index (χ1) is 11.6. The fourth-order valence-corrected chi connectivity index (χ4v) is 3.16. The number of aliphatic carboxylic acids is 1. The minimum Gasteiger partial charge on any atom is -0.481 e. The number of carbonyl (C=O) groups excluding carboxylic acids is 1. The van der Waals surface area contributed by atoms with Gasteiger partial charge in [0.2, 0.25) is 0 Å². The molecule has 0 spiro atoms. The number of hydrogen-bond donors (Lipinski definition) is 1. The maximum atomic E-state index is 12.7. The molecular weight excluding hydrogens is 310 g/mol. The number of methoxy groups -OCH3 is 1. The van der Waals surface area contributed by atoms with E-state index < -0.39 is 11.4 Å². The number of likely N-dealkylation sites (tertiary alicyclic amines) is 1. The van der Waals surface area contributed by atoms with Crippen molar-refractivity contribution < 1.29 is 19.4 Å². The number of hydrogen-bond acceptors (Lipinski definition) is 5. The SMILES string of the molecule is COCC1(C(=O)O)CCCN(C(=O)c2cnc3ccccc3n2)C1. The van der Waals surface area contributed by atoms with Crippen LogP contribution in [0.15, 0.2) is 30.5 Å². The van der Waals surface area contributed by atoms with Crippen molar-refractivity contribution in [3.63, 3.8) is 0 Å². The normalized spacial score (nSPS) is 21.0. The molecule has 126 valence electrons. The second-order valence-electron chi connectivity index (χ2n) is 6.09. The van der Waals surface area contributed by atoms with E-state index in [0.29, 0.717) is 30.4 Å². The summed E-state index contributed by atoms with van der Waals surface area (Å²) in [6.45, 7) is 0.700. The van der Waals surface area contributed by atoms with Gasteiger partial charge in [0.15, 0.2) is 0 Å². The minimum absolute atomic E-state index is 0.0789. The standard InChI is InChI=1S/C17H19N3O4/c1-24-11-17(16(22)23)7-4-8-20(10-17)15(21)14-9-18-12-5-2-3-6-13(12)19-14/h2-3,5-6,9H,4,7-8,10-11H2,1H3,(H,22,23). The zero-order valence-corrected chi connectivity index (χ0v) is 13.4. The maximum absolute atomic E-state index is 12.7. The van der Waals surface area contributed by atoms with Gasteiger partial charge in [-0.2, -0.15) is 0 Å². The number of piperidine rings is 1. The van der Waals surface area contributed by atoms with Crippen LogP contribution in [0.25, 0.3) is 11.0 Å². The van der Waals surface area contributed by atoms with Crippen molar-refractivity contribution in [2.45, 2.75) is 12.8 Å². The highest BCUT2D eigenvalue weighted by Crippen LogP contribution is 2.31. The van der Waals surface area contributed by atoms with Crippen molar-refractivity contribution in [2.75, 3.05) is 26.8 Å². The number of carbonyl (C=O) groups is 2. The third kappa shape index (κ3) is 2.94. The first-order valence-electron chi connectivity index (χ1n) is 7.79. The molecule has 1 aromatic carbocycles. The number of ether oxygens (including phenoxy) is 1. The maximum Gasteiger partial charge on any atom is 0.313 e. The largest absolute Gasteiger partial charge is 0.481 e. The molecule has 1 aromatic heterocycles. The van der Waals surface area contributed by atoms with Gasteiger partial charge in [0.1, 0.15) is 11.1 Å². The van der Waals surface area contributed by atoms with Gasteiger partial charge in [0.05, 0.1) is 23.8 Å². The molecule has 1 aliphatic rings. The zero-order valence-electron chi connectivity index (χ0n) is 13.4. The van der Waals surface area contributed by atoms with Crippen LogP contribution in [0.4, 0.5) is 0 Å². The van der Waals surface area contributed by atoms with Crippen LogP contribution >= 0.6 is 0 Å². The van der Waals surface area contributed by atoms with E-state index in [1.165, 1.54) is 18.2 Å². The van der Waals surface area contributed by atoms with Gasteiger partial charge in [-0.15, -0.1) is 0 Å². The first kappa shape index (κ1) is 16.3. The van der Waals surface area contributed by atoms with E-state index in [9.17, 15) is 14.7 Å². The molecule has 2 heterocycles. The number of amides is 1. The first-order valence-corrected chi connectivity index (χ1v) is 7.79. The second kappa shape index (κ2) is 6.52. The van der Waals surface area contributed by atoms with Crippen LogP contribution in [-0.4, -0.2) is 58.7 Å². The Morgan fingerprint density at radius 3 is 2.79 bits per heavy atom. The number of nitrogens with zero attached hydrogens (tertiary/aromatic N) is 3. The zero-order chi connectivity index (χ0) is 17.2. The van der Waals surface area contributed by atoms with Crippen molar-refractivity contribution in [2.24, 2.45) is 5.41 Å². The van der Waals surface area contributed by atoms with E-state index in [1.54, 1.807) is 6.07 Å². The lowest BCUT2D eigenvalue weighted by atomic mass is 9.80. The molecule has 0 radical (unpaired) electrons. The molecule has 7 nitrogen and oxygen atoms in total. The third-order valence-electron chi connectivity index (χ3n) is 4.41. The lowest BCUT2D eigenvalue weighted by Crippen LogP contribution is -2.52. The molecular formula is C17H19N3O4. The highest BCUT2D eigenvalue weighted by molar-refractivity contribution is 5.94. The Bertz CT molecular complexity index is 775. The number of rotatable bonds is 4.